The third kappa shape index (κ3) is 6.04. The molecule has 0 radical (unpaired) electrons. The van der Waals surface area contributed by atoms with Crippen molar-refractivity contribution in [3.8, 4) is 0 Å². The Morgan fingerprint density at radius 2 is 1.91 bits per heavy atom. The van der Waals surface area contributed by atoms with Crippen LogP contribution >= 0.6 is 11.6 Å². The van der Waals surface area contributed by atoms with Crippen LogP contribution in [-0.4, -0.2) is 30.3 Å². The Bertz CT molecular complexity index is 519. The molecule has 0 aromatic heterocycles. The Labute approximate surface area is 143 Å². The highest BCUT2D eigenvalue weighted by molar-refractivity contribution is 6.30. The molecule has 5 heteroatoms. The van der Waals surface area contributed by atoms with Crippen molar-refractivity contribution in [3.63, 3.8) is 0 Å². The predicted octanol–water partition coefficient (Wildman–Crippen LogP) is 4.09. The number of carbonyl (C=O) groups is 1. The van der Waals surface area contributed by atoms with Gasteiger partial charge in [0.15, 0.2) is 0 Å². The Hall–Kier alpha value is -1.26. The van der Waals surface area contributed by atoms with Gasteiger partial charge in [-0.2, -0.15) is 0 Å². The zero-order valence-corrected chi connectivity index (χ0v) is 15.1. The van der Waals surface area contributed by atoms with Gasteiger partial charge in [0.1, 0.15) is 5.60 Å². The maximum absolute atomic E-state index is 11.7. The van der Waals surface area contributed by atoms with Crippen LogP contribution in [0.15, 0.2) is 24.3 Å². The fourth-order valence-electron chi connectivity index (χ4n) is 2.69. The molecule has 2 rings (SSSR count). The Morgan fingerprint density at radius 1 is 1.30 bits per heavy atom. The lowest BCUT2D eigenvalue weighted by Crippen LogP contribution is -2.48. The zero-order valence-electron chi connectivity index (χ0n) is 14.4. The molecule has 0 bridgehead atoms. The van der Waals surface area contributed by atoms with E-state index in [9.17, 15) is 4.79 Å². The highest BCUT2D eigenvalue weighted by atomic mass is 35.5. The summed E-state index contributed by atoms with van der Waals surface area (Å²) in [5, 5.41) is 7.13. The number of benzene rings is 1. The Kier molecular flexibility index (Phi) is 5.93. The van der Waals surface area contributed by atoms with E-state index in [1.54, 1.807) is 0 Å². The second-order valence-electron chi connectivity index (χ2n) is 7.37. The molecule has 4 nitrogen and oxygen atoms in total. The smallest absolute Gasteiger partial charge is 0.407 e. The van der Waals surface area contributed by atoms with Crippen LogP contribution in [0, 0.1) is 0 Å². The maximum Gasteiger partial charge on any atom is 0.407 e. The van der Waals surface area contributed by atoms with E-state index in [-0.39, 0.29) is 12.1 Å². The SMILES string of the molecule is CC(CNC1CC(c2ccc(Cl)cc2)C1)NC(=O)OC(C)(C)C. The minimum Gasteiger partial charge on any atom is -0.444 e. The van der Waals surface area contributed by atoms with Gasteiger partial charge in [-0.05, 0) is 64.2 Å². The summed E-state index contributed by atoms with van der Waals surface area (Å²) in [6.45, 7) is 8.31. The van der Waals surface area contributed by atoms with Gasteiger partial charge in [0.05, 0.1) is 0 Å². The fraction of sp³-hybridized carbons (Fsp3) is 0.611. The van der Waals surface area contributed by atoms with Crippen molar-refractivity contribution in [1.82, 2.24) is 10.6 Å². The summed E-state index contributed by atoms with van der Waals surface area (Å²) >= 11 is 5.92. The Morgan fingerprint density at radius 3 is 2.48 bits per heavy atom. The van der Waals surface area contributed by atoms with Crippen molar-refractivity contribution in [2.24, 2.45) is 0 Å². The number of nitrogens with one attached hydrogen (secondary N) is 2. The van der Waals surface area contributed by atoms with Crippen LogP contribution in [0.2, 0.25) is 5.02 Å². The number of hydrogen-bond donors (Lipinski definition) is 2. The summed E-state index contributed by atoms with van der Waals surface area (Å²) in [5.74, 6) is 0.610. The Balaban J connectivity index is 1.64. The third-order valence-electron chi connectivity index (χ3n) is 3.96. The fourth-order valence-corrected chi connectivity index (χ4v) is 2.82. The number of alkyl carbamates (subject to hydrolysis) is 1. The summed E-state index contributed by atoms with van der Waals surface area (Å²) in [4.78, 5) is 11.7. The van der Waals surface area contributed by atoms with Crippen LogP contribution in [0.25, 0.3) is 0 Å². The van der Waals surface area contributed by atoms with Gasteiger partial charge < -0.3 is 15.4 Å². The zero-order chi connectivity index (χ0) is 17.0. The molecule has 1 atom stereocenters. The predicted molar refractivity (Wildman–Crippen MR) is 94.0 cm³/mol. The van der Waals surface area contributed by atoms with Crippen LogP contribution in [0.3, 0.4) is 0 Å². The molecule has 0 saturated heterocycles. The molecule has 1 unspecified atom stereocenters. The first kappa shape index (κ1) is 18.1. The molecular weight excluding hydrogens is 312 g/mol. The molecule has 2 N–H and O–H groups in total. The van der Waals surface area contributed by atoms with E-state index in [4.69, 9.17) is 16.3 Å². The third-order valence-corrected chi connectivity index (χ3v) is 4.21. The molecule has 23 heavy (non-hydrogen) atoms. The van der Waals surface area contributed by atoms with Crippen LogP contribution in [0.4, 0.5) is 4.79 Å². The lowest BCUT2D eigenvalue weighted by molar-refractivity contribution is 0.0506. The van der Waals surface area contributed by atoms with E-state index < -0.39 is 5.60 Å². The molecule has 0 spiro atoms. The first-order valence-corrected chi connectivity index (χ1v) is 8.59. The van der Waals surface area contributed by atoms with Gasteiger partial charge in [-0.1, -0.05) is 23.7 Å². The van der Waals surface area contributed by atoms with Crippen molar-refractivity contribution in [1.29, 1.82) is 0 Å². The normalized spacial score (nSPS) is 22.1. The minimum absolute atomic E-state index is 0.0411. The molecular formula is C18H27ClN2O2. The van der Waals surface area contributed by atoms with Gasteiger partial charge >= 0.3 is 6.09 Å². The number of carbonyl (C=O) groups excluding carboxylic acids is 1. The highest BCUT2D eigenvalue weighted by Gasteiger charge is 2.30. The van der Waals surface area contributed by atoms with Gasteiger partial charge in [-0.3, -0.25) is 0 Å². The van der Waals surface area contributed by atoms with Crippen molar-refractivity contribution in [3.05, 3.63) is 34.9 Å². The van der Waals surface area contributed by atoms with E-state index in [1.807, 2.05) is 39.8 Å². The van der Waals surface area contributed by atoms with Gasteiger partial charge in [0.2, 0.25) is 0 Å². The average Bonchev–Trinajstić information content (AvgIpc) is 2.36. The van der Waals surface area contributed by atoms with Gasteiger partial charge in [-0.15, -0.1) is 0 Å². The number of halogens is 1. The van der Waals surface area contributed by atoms with Crippen molar-refractivity contribution >= 4 is 17.7 Å². The van der Waals surface area contributed by atoms with Crippen molar-refractivity contribution < 1.29 is 9.53 Å². The largest absolute Gasteiger partial charge is 0.444 e. The highest BCUT2D eigenvalue weighted by Crippen LogP contribution is 2.37. The van der Waals surface area contributed by atoms with Gasteiger partial charge in [-0.25, -0.2) is 4.79 Å². The molecule has 1 saturated carbocycles. The molecule has 1 aliphatic carbocycles. The summed E-state index contributed by atoms with van der Waals surface area (Å²) in [7, 11) is 0. The van der Waals surface area contributed by atoms with E-state index >= 15 is 0 Å². The first-order valence-electron chi connectivity index (χ1n) is 8.21. The minimum atomic E-state index is -0.461. The molecule has 1 amide bonds. The number of rotatable bonds is 5. The molecule has 0 aliphatic heterocycles. The number of ether oxygens (including phenoxy) is 1. The monoisotopic (exact) mass is 338 g/mol. The molecule has 1 aromatic carbocycles. The van der Waals surface area contributed by atoms with Crippen LogP contribution in [0.5, 0.6) is 0 Å². The summed E-state index contributed by atoms with van der Waals surface area (Å²) in [6.07, 6.45) is 1.89. The average molecular weight is 339 g/mol. The summed E-state index contributed by atoms with van der Waals surface area (Å²) < 4.78 is 5.25. The van der Waals surface area contributed by atoms with Gasteiger partial charge in [0.25, 0.3) is 0 Å². The number of hydrogen-bond acceptors (Lipinski definition) is 3. The summed E-state index contributed by atoms with van der Waals surface area (Å²) in [5.41, 5.74) is 0.893. The second kappa shape index (κ2) is 7.54. The van der Waals surface area contributed by atoms with E-state index in [0.717, 1.165) is 24.4 Å². The number of amides is 1. The van der Waals surface area contributed by atoms with E-state index in [0.29, 0.717) is 12.0 Å². The van der Waals surface area contributed by atoms with Crippen molar-refractivity contribution in [2.45, 2.75) is 64.1 Å². The first-order chi connectivity index (χ1) is 10.7. The van der Waals surface area contributed by atoms with E-state index in [2.05, 4.69) is 22.8 Å². The van der Waals surface area contributed by atoms with Crippen LogP contribution in [-0.2, 0) is 4.74 Å². The molecule has 1 aromatic rings. The van der Waals surface area contributed by atoms with Crippen molar-refractivity contribution in [2.75, 3.05) is 6.54 Å². The van der Waals surface area contributed by atoms with E-state index in [1.165, 1.54) is 5.56 Å². The molecule has 0 heterocycles. The lowest BCUT2D eigenvalue weighted by atomic mass is 9.76. The quantitative estimate of drug-likeness (QED) is 0.850. The molecule has 1 fully saturated rings. The van der Waals surface area contributed by atoms with Crippen LogP contribution in [0.1, 0.15) is 52.0 Å². The standard InChI is InChI=1S/C18H27ClN2O2/c1-12(21-17(22)23-18(2,3)4)11-20-16-9-14(10-16)13-5-7-15(19)8-6-13/h5-8,12,14,16,20H,9-11H2,1-4H3,(H,21,22). The second-order valence-corrected chi connectivity index (χ2v) is 7.81. The van der Waals surface area contributed by atoms with Crippen LogP contribution < -0.4 is 10.6 Å². The topological polar surface area (TPSA) is 50.4 Å². The van der Waals surface area contributed by atoms with Gasteiger partial charge in [0, 0.05) is 23.7 Å². The maximum atomic E-state index is 11.7. The lowest BCUT2D eigenvalue weighted by Gasteiger charge is -2.37. The molecule has 128 valence electrons. The molecule has 1 aliphatic rings. The summed E-state index contributed by atoms with van der Waals surface area (Å²) in [6, 6.07) is 8.67.